The van der Waals surface area contributed by atoms with Crippen molar-refractivity contribution in [3.8, 4) is 6.07 Å². The number of nitrogens with zero attached hydrogens (tertiary/aromatic N) is 4. The van der Waals surface area contributed by atoms with E-state index in [1.54, 1.807) is 12.1 Å². The number of aromatic nitrogens is 3. The van der Waals surface area contributed by atoms with E-state index in [-0.39, 0.29) is 30.8 Å². The van der Waals surface area contributed by atoms with Crippen LogP contribution in [-0.2, 0) is 44.6 Å². The van der Waals surface area contributed by atoms with Crippen LogP contribution >= 0.6 is 7.82 Å². The van der Waals surface area contributed by atoms with Gasteiger partial charge in [-0.15, -0.1) is 0 Å². The third-order valence-corrected chi connectivity index (χ3v) is 11.7. The fourth-order valence-electron chi connectivity index (χ4n) is 7.15. The first kappa shape index (κ1) is 42.2. The first-order valence-electron chi connectivity index (χ1n) is 20.1. The van der Waals surface area contributed by atoms with Gasteiger partial charge >= 0.3 is 7.82 Å². The van der Waals surface area contributed by atoms with Crippen molar-refractivity contribution >= 4 is 19.2 Å². The second-order valence-corrected chi connectivity index (χ2v) is 16.1. The molecule has 0 saturated carbocycles. The molecule has 2 fully saturated rings. The van der Waals surface area contributed by atoms with Crippen LogP contribution in [0.4, 0.5) is 5.82 Å². The van der Waals surface area contributed by atoms with E-state index in [1.807, 2.05) is 30.3 Å². The number of fused-ring (bicyclic) bond motifs is 2. The summed E-state index contributed by atoms with van der Waals surface area (Å²) in [6.45, 7) is 4.18. The number of aliphatic hydroxyl groups excluding tert-OH is 1. The van der Waals surface area contributed by atoms with Crippen LogP contribution in [0.1, 0.15) is 121 Å². The molecule has 13 nitrogen and oxygen atoms in total. The summed E-state index contributed by atoms with van der Waals surface area (Å²) in [7, 11) is -4.14. The topological polar surface area (TPSA) is 173 Å². The molecule has 0 radical (unpaired) electrons. The number of nitriles is 1. The summed E-state index contributed by atoms with van der Waals surface area (Å²) in [6, 6.07) is 15.2. The Morgan fingerprint density at radius 2 is 1.65 bits per heavy atom. The van der Waals surface area contributed by atoms with Crippen molar-refractivity contribution in [2.24, 2.45) is 0 Å². The van der Waals surface area contributed by atoms with Crippen molar-refractivity contribution in [1.82, 2.24) is 14.6 Å². The van der Waals surface area contributed by atoms with E-state index in [0.717, 1.165) is 44.5 Å². The lowest BCUT2D eigenvalue weighted by atomic mass is 9.92. The first-order chi connectivity index (χ1) is 26.4. The Morgan fingerprint density at radius 3 is 2.33 bits per heavy atom. The molecule has 2 aliphatic heterocycles. The molecule has 4 heterocycles. The maximum absolute atomic E-state index is 13.8. The minimum Gasteiger partial charge on any atom is -0.386 e. The van der Waals surface area contributed by atoms with Crippen molar-refractivity contribution in [3.63, 3.8) is 0 Å². The average molecular weight is 770 g/mol. The Hall–Kier alpha value is -2.92. The summed E-state index contributed by atoms with van der Waals surface area (Å²) in [5, 5.41) is 26.0. The number of phosphoric ester groups is 1. The number of aliphatic hydroxyl groups is 1. The van der Waals surface area contributed by atoms with Crippen LogP contribution in [-0.4, -0.2) is 70.5 Å². The number of nitrogens with two attached hydrogens (primary N) is 1. The molecular formula is C40H60N5O8P. The zero-order valence-electron chi connectivity index (χ0n) is 31.9. The molecule has 6 atom stereocenters. The number of nitrogen functional groups attached to an aromatic ring is 1. The van der Waals surface area contributed by atoms with Gasteiger partial charge in [0.15, 0.2) is 5.82 Å². The molecule has 0 bridgehead atoms. The van der Waals surface area contributed by atoms with Gasteiger partial charge in [-0.3, -0.25) is 13.6 Å². The second-order valence-electron chi connectivity index (χ2n) is 14.5. The van der Waals surface area contributed by atoms with Gasteiger partial charge in [0.25, 0.3) is 0 Å². The molecule has 3 N–H and O–H groups in total. The summed E-state index contributed by atoms with van der Waals surface area (Å²) >= 11 is 0. The molecule has 0 spiro atoms. The smallest absolute Gasteiger partial charge is 0.386 e. The molecule has 298 valence electrons. The molecule has 2 aliphatic rings. The first-order valence-corrected chi connectivity index (χ1v) is 21.5. The van der Waals surface area contributed by atoms with Crippen LogP contribution in [0.2, 0.25) is 0 Å². The number of rotatable bonds is 26. The van der Waals surface area contributed by atoms with E-state index in [2.05, 4.69) is 23.1 Å². The van der Waals surface area contributed by atoms with Gasteiger partial charge in [-0.2, -0.15) is 10.4 Å². The van der Waals surface area contributed by atoms with Gasteiger partial charge in [-0.1, -0.05) is 121 Å². The lowest BCUT2D eigenvalue weighted by Crippen LogP contribution is -2.43. The van der Waals surface area contributed by atoms with Gasteiger partial charge in [0.2, 0.25) is 5.60 Å². The lowest BCUT2D eigenvalue weighted by molar-refractivity contribution is -0.0824. The molecule has 0 aliphatic carbocycles. The van der Waals surface area contributed by atoms with Crippen molar-refractivity contribution < 1.29 is 37.5 Å². The average Bonchev–Trinajstić information content (AvgIpc) is 3.75. The Balaban J connectivity index is 1.02. The number of unbranched alkanes of at least 4 members (excludes halogenated alkanes) is 13. The highest BCUT2D eigenvalue weighted by molar-refractivity contribution is 7.48. The van der Waals surface area contributed by atoms with Gasteiger partial charge in [0, 0.05) is 13.2 Å². The molecule has 14 heteroatoms. The number of anilines is 1. The Labute approximate surface area is 320 Å². The normalized spacial score (nSPS) is 24.4. The predicted molar refractivity (Wildman–Crippen MR) is 205 cm³/mol. The standard InChI is InChI=1S/C40H60N5O8P/c1-2-3-4-5-9-12-18-25-48-26-19-13-10-7-6-8-11-17-22-33(49-27-32-20-15-14-16-21-32)28-50-54(47)51-29-35-37(53-54)38(46)40(30-41,52-35)36-24-23-34-39(42)43-31-44-45(34)36/h14-16,20-21,23-24,31,33,35,37-38,46H,2-13,17-19,22,25-29H2,1H3,(H2,42,43,44)/t33-,35-,37?,38+,40+,54?/m1/s1. The number of benzene rings is 1. The SMILES string of the molecule is CCCCCCCCCOCCCCCCCCCC[C@H](COP1(=O)OC[C@H]2O[C@@](C#N)(c3ccc4c(N)ncnn34)[C@@H](O)C2O1)OCc1ccccc1. The minimum absolute atomic E-state index is 0.0254. The van der Waals surface area contributed by atoms with E-state index >= 15 is 0 Å². The number of hydrogen-bond acceptors (Lipinski definition) is 12. The van der Waals surface area contributed by atoms with Gasteiger partial charge < -0.3 is 25.1 Å². The molecule has 3 aromatic rings. The summed E-state index contributed by atoms with van der Waals surface area (Å²) in [5.41, 5.74) is 5.81. The number of hydrogen-bond donors (Lipinski definition) is 2. The highest BCUT2D eigenvalue weighted by Gasteiger charge is 2.62. The van der Waals surface area contributed by atoms with Crippen molar-refractivity contribution in [2.75, 3.05) is 32.2 Å². The third-order valence-electron chi connectivity index (χ3n) is 10.3. The molecular weight excluding hydrogens is 709 g/mol. The minimum atomic E-state index is -4.14. The molecule has 2 saturated heterocycles. The molecule has 2 unspecified atom stereocenters. The zero-order chi connectivity index (χ0) is 38.1. The fraction of sp³-hybridized carbons (Fsp3) is 0.675. The maximum atomic E-state index is 13.8. The van der Waals surface area contributed by atoms with E-state index in [4.69, 9.17) is 33.5 Å². The number of phosphoric acid groups is 1. The fourth-order valence-corrected chi connectivity index (χ4v) is 8.57. The predicted octanol–water partition coefficient (Wildman–Crippen LogP) is 8.19. The molecule has 1 aromatic carbocycles. The summed E-state index contributed by atoms with van der Waals surface area (Å²) in [6.07, 6.45) is 16.4. The van der Waals surface area contributed by atoms with Crippen molar-refractivity contribution in [1.29, 1.82) is 5.26 Å². The molecule has 54 heavy (non-hydrogen) atoms. The molecule has 2 aromatic heterocycles. The summed E-state index contributed by atoms with van der Waals surface area (Å²) in [5.74, 6) is 0.205. The Kier molecular flexibility index (Phi) is 17.2. The van der Waals surface area contributed by atoms with Gasteiger partial charge in [0.05, 0.1) is 31.6 Å². The second kappa shape index (κ2) is 22.0. The third kappa shape index (κ3) is 11.8. The monoisotopic (exact) mass is 769 g/mol. The number of ether oxygens (including phenoxy) is 3. The lowest BCUT2D eigenvalue weighted by Gasteiger charge is -2.31. The van der Waals surface area contributed by atoms with Crippen LogP contribution in [0, 0.1) is 11.3 Å². The van der Waals surface area contributed by atoms with E-state index in [1.165, 1.54) is 81.5 Å². The highest BCUT2D eigenvalue weighted by Crippen LogP contribution is 2.58. The van der Waals surface area contributed by atoms with Gasteiger partial charge in [0.1, 0.15) is 36.2 Å². The van der Waals surface area contributed by atoms with Crippen LogP contribution in [0.15, 0.2) is 48.8 Å². The summed E-state index contributed by atoms with van der Waals surface area (Å²) in [4.78, 5) is 3.98. The van der Waals surface area contributed by atoms with Gasteiger partial charge in [-0.05, 0) is 37.0 Å². The molecule has 5 rings (SSSR count). The van der Waals surface area contributed by atoms with Crippen LogP contribution in [0.5, 0.6) is 0 Å². The summed E-state index contributed by atoms with van der Waals surface area (Å²) < 4.78 is 50.5. The maximum Gasteiger partial charge on any atom is 0.475 e. The van der Waals surface area contributed by atoms with Crippen molar-refractivity contribution in [2.45, 2.75) is 146 Å². The Bertz CT molecular complexity index is 1620. The van der Waals surface area contributed by atoms with Crippen molar-refractivity contribution in [3.05, 3.63) is 60.0 Å². The Morgan fingerprint density at radius 1 is 0.981 bits per heavy atom. The quantitative estimate of drug-likeness (QED) is 0.0593. The highest BCUT2D eigenvalue weighted by atomic mass is 31.2. The van der Waals surface area contributed by atoms with Crippen LogP contribution in [0.3, 0.4) is 0 Å². The van der Waals surface area contributed by atoms with Gasteiger partial charge in [-0.25, -0.2) is 14.1 Å². The largest absolute Gasteiger partial charge is 0.475 e. The van der Waals surface area contributed by atoms with E-state index < -0.39 is 31.7 Å². The van der Waals surface area contributed by atoms with E-state index in [9.17, 15) is 14.9 Å². The molecule has 0 amide bonds. The van der Waals surface area contributed by atoms with Crippen LogP contribution < -0.4 is 5.73 Å². The van der Waals surface area contributed by atoms with Crippen LogP contribution in [0.25, 0.3) is 5.52 Å². The zero-order valence-corrected chi connectivity index (χ0v) is 32.8. The van der Waals surface area contributed by atoms with E-state index in [0.29, 0.717) is 18.5 Å².